The maximum absolute atomic E-state index is 11.5. The minimum absolute atomic E-state index is 0.250. The highest BCUT2D eigenvalue weighted by Crippen LogP contribution is 2.31. The fourth-order valence-corrected chi connectivity index (χ4v) is 4.42. The van der Waals surface area contributed by atoms with E-state index in [1.165, 1.54) is 0 Å². The molecule has 0 aliphatic heterocycles. The zero-order valence-electron chi connectivity index (χ0n) is 16.6. The van der Waals surface area contributed by atoms with E-state index in [2.05, 4.69) is 15.9 Å². The molecule has 1 atom stereocenters. The van der Waals surface area contributed by atoms with E-state index >= 15 is 0 Å². The standard InChI is InChI=1S/C24H21BrN2O3/c1-3-19-22(25)27-20(13-8-14(2)23(27)26-19)21(28)16-11-9-15(10-12-16)17-6-4-5-7-18(17)24(29)30/h4-13,21,28H,3H2,1-2H3,(H,29,30). The van der Waals surface area contributed by atoms with Gasteiger partial charge in [-0.05, 0) is 63.7 Å². The highest BCUT2D eigenvalue weighted by atomic mass is 79.9. The summed E-state index contributed by atoms with van der Waals surface area (Å²) in [7, 11) is 0. The molecule has 4 rings (SSSR count). The van der Waals surface area contributed by atoms with E-state index in [1.54, 1.807) is 18.2 Å². The maximum atomic E-state index is 11.5. The Morgan fingerprint density at radius 2 is 1.80 bits per heavy atom. The van der Waals surface area contributed by atoms with Gasteiger partial charge in [-0.15, -0.1) is 0 Å². The van der Waals surface area contributed by atoms with Crippen LogP contribution in [-0.4, -0.2) is 25.6 Å². The number of aryl methyl sites for hydroxylation is 2. The number of hydrogen-bond donors (Lipinski definition) is 2. The van der Waals surface area contributed by atoms with Gasteiger partial charge in [-0.1, -0.05) is 55.5 Å². The summed E-state index contributed by atoms with van der Waals surface area (Å²) in [5.41, 5.74) is 5.92. The second-order valence-electron chi connectivity index (χ2n) is 7.18. The number of carbonyl (C=O) groups is 1. The van der Waals surface area contributed by atoms with Crippen molar-refractivity contribution in [3.8, 4) is 11.1 Å². The lowest BCUT2D eigenvalue weighted by atomic mass is 9.97. The van der Waals surface area contributed by atoms with E-state index in [0.29, 0.717) is 11.3 Å². The van der Waals surface area contributed by atoms with Crippen LogP contribution in [0.15, 0.2) is 65.3 Å². The summed E-state index contributed by atoms with van der Waals surface area (Å²) < 4.78 is 2.80. The minimum Gasteiger partial charge on any atom is -0.478 e. The summed E-state index contributed by atoms with van der Waals surface area (Å²) >= 11 is 3.64. The van der Waals surface area contributed by atoms with Gasteiger partial charge in [0.15, 0.2) is 0 Å². The molecule has 0 fully saturated rings. The Hall–Kier alpha value is -2.96. The van der Waals surface area contributed by atoms with Crippen LogP contribution in [0.4, 0.5) is 0 Å². The topological polar surface area (TPSA) is 74.8 Å². The molecule has 2 heterocycles. The molecule has 0 bridgehead atoms. The molecule has 2 aromatic heterocycles. The number of carboxylic acids is 1. The second-order valence-corrected chi connectivity index (χ2v) is 7.93. The minimum atomic E-state index is -0.964. The molecule has 5 nitrogen and oxygen atoms in total. The molecule has 2 aromatic carbocycles. The van der Waals surface area contributed by atoms with Gasteiger partial charge in [-0.25, -0.2) is 9.78 Å². The third-order valence-electron chi connectivity index (χ3n) is 5.31. The Kier molecular flexibility index (Phi) is 5.45. The third-order valence-corrected chi connectivity index (χ3v) is 6.12. The predicted molar refractivity (Wildman–Crippen MR) is 120 cm³/mol. The van der Waals surface area contributed by atoms with Gasteiger partial charge in [0.05, 0.1) is 17.0 Å². The van der Waals surface area contributed by atoms with Crippen molar-refractivity contribution >= 4 is 27.5 Å². The number of pyridine rings is 1. The molecule has 30 heavy (non-hydrogen) atoms. The zero-order valence-corrected chi connectivity index (χ0v) is 18.2. The number of nitrogens with zero attached hydrogens (tertiary/aromatic N) is 2. The first-order valence-electron chi connectivity index (χ1n) is 9.69. The average Bonchev–Trinajstić information content (AvgIpc) is 3.11. The van der Waals surface area contributed by atoms with Crippen molar-refractivity contribution in [1.29, 1.82) is 0 Å². The third kappa shape index (κ3) is 3.42. The first-order valence-corrected chi connectivity index (χ1v) is 10.5. The summed E-state index contributed by atoms with van der Waals surface area (Å²) in [6, 6.07) is 18.1. The first-order chi connectivity index (χ1) is 14.4. The molecule has 0 saturated heterocycles. The normalized spacial score (nSPS) is 12.3. The van der Waals surface area contributed by atoms with Crippen molar-refractivity contribution in [1.82, 2.24) is 9.38 Å². The molecular weight excluding hydrogens is 444 g/mol. The van der Waals surface area contributed by atoms with Crippen LogP contribution in [0.5, 0.6) is 0 Å². The number of aliphatic hydroxyl groups is 1. The highest BCUT2D eigenvalue weighted by Gasteiger charge is 2.20. The fourth-order valence-electron chi connectivity index (χ4n) is 3.68. The molecule has 0 radical (unpaired) electrons. The van der Waals surface area contributed by atoms with Crippen LogP contribution in [-0.2, 0) is 6.42 Å². The van der Waals surface area contributed by atoms with Gasteiger partial charge >= 0.3 is 5.97 Å². The number of imidazole rings is 1. The summed E-state index contributed by atoms with van der Waals surface area (Å²) in [6.45, 7) is 4.05. The molecule has 1 unspecified atom stereocenters. The van der Waals surface area contributed by atoms with Crippen molar-refractivity contribution in [2.45, 2.75) is 26.4 Å². The van der Waals surface area contributed by atoms with Gasteiger partial charge < -0.3 is 10.2 Å². The number of aliphatic hydroxyl groups excluding tert-OH is 1. The summed E-state index contributed by atoms with van der Waals surface area (Å²) in [6.07, 6.45) is -0.0679. The van der Waals surface area contributed by atoms with Crippen LogP contribution >= 0.6 is 15.9 Å². The summed E-state index contributed by atoms with van der Waals surface area (Å²) in [5, 5.41) is 20.6. The van der Waals surface area contributed by atoms with Gasteiger partial charge in [-0.3, -0.25) is 4.40 Å². The van der Waals surface area contributed by atoms with Gasteiger partial charge in [0.2, 0.25) is 0 Å². The number of aromatic carboxylic acids is 1. The molecule has 152 valence electrons. The van der Waals surface area contributed by atoms with Crippen LogP contribution in [0.2, 0.25) is 0 Å². The second kappa shape index (κ2) is 8.05. The monoisotopic (exact) mass is 464 g/mol. The van der Waals surface area contributed by atoms with Crippen molar-refractivity contribution in [3.05, 3.63) is 93.3 Å². The molecule has 4 aromatic rings. The number of halogens is 1. The summed E-state index contributed by atoms with van der Waals surface area (Å²) in [5.74, 6) is -0.964. The Morgan fingerprint density at radius 3 is 2.47 bits per heavy atom. The van der Waals surface area contributed by atoms with Crippen molar-refractivity contribution < 1.29 is 15.0 Å². The van der Waals surface area contributed by atoms with Crippen LogP contribution in [0, 0.1) is 6.92 Å². The molecule has 0 amide bonds. The number of carboxylic acid groups (broad SMARTS) is 1. The predicted octanol–water partition coefficient (Wildman–Crippen LogP) is 5.41. The molecular formula is C24H21BrN2O3. The van der Waals surface area contributed by atoms with Gasteiger partial charge in [0.1, 0.15) is 16.4 Å². The highest BCUT2D eigenvalue weighted by molar-refractivity contribution is 9.10. The maximum Gasteiger partial charge on any atom is 0.336 e. The van der Waals surface area contributed by atoms with E-state index in [1.807, 2.05) is 60.7 Å². The van der Waals surface area contributed by atoms with Crippen molar-refractivity contribution in [3.63, 3.8) is 0 Å². The van der Waals surface area contributed by atoms with E-state index in [9.17, 15) is 15.0 Å². The number of aromatic nitrogens is 2. The molecule has 0 aliphatic rings. The van der Waals surface area contributed by atoms with Crippen molar-refractivity contribution in [2.75, 3.05) is 0 Å². The lowest BCUT2D eigenvalue weighted by Crippen LogP contribution is -2.07. The molecule has 0 spiro atoms. The van der Waals surface area contributed by atoms with Gasteiger partial charge in [0, 0.05) is 0 Å². The molecule has 0 saturated carbocycles. The molecule has 2 N–H and O–H groups in total. The lowest BCUT2D eigenvalue weighted by molar-refractivity contribution is 0.0697. The molecule has 6 heteroatoms. The Morgan fingerprint density at radius 1 is 1.10 bits per heavy atom. The zero-order chi connectivity index (χ0) is 21.4. The number of hydrogen-bond acceptors (Lipinski definition) is 3. The van der Waals surface area contributed by atoms with Gasteiger partial charge in [0.25, 0.3) is 0 Å². The summed E-state index contributed by atoms with van der Waals surface area (Å²) in [4.78, 5) is 16.2. The smallest absolute Gasteiger partial charge is 0.336 e. The van der Waals surface area contributed by atoms with Crippen molar-refractivity contribution in [2.24, 2.45) is 0 Å². The Bertz CT molecular complexity index is 1250. The van der Waals surface area contributed by atoms with Gasteiger partial charge in [-0.2, -0.15) is 0 Å². The number of benzene rings is 2. The lowest BCUT2D eigenvalue weighted by Gasteiger charge is -2.16. The number of rotatable bonds is 5. The van der Waals surface area contributed by atoms with Crippen LogP contribution in [0.25, 0.3) is 16.8 Å². The number of fused-ring (bicyclic) bond motifs is 1. The van der Waals surface area contributed by atoms with Crippen LogP contribution in [0.3, 0.4) is 0 Å². The van der Waals surface area contributed by atoms with Crippen LogP contribution < -0.4 is 0 Å². The Balaban J connectivity index is 1.76. The fraction of sp³-hybridized carbons (Fsp3) is 0.167. The van der Waals surface area contributed by atoms with E-state index in [-0.39, 0.29) is 5.56 Å². The SMILES string of the molecule is CCc1nc2c(C)ccc(C(O)c3ccc(-c4ccccc4C(=O)O)cc3)n2c1Br. The Labute approximate surface area is 182 Å². The molecule has 0 aliphatic carbocycles. The van der Waals surface area contributed by atoms with E-state index in [4.69, 9.17) is 4.98 Å². The van der Waals surface area contributed by atoms with E-state index in [0.717, 1.165) is 39.1 Å². The van der Waals surface area contributed by atoms with E-state index < -0.39 is 12.1 Å². The van der Waals surface area contributed by atoms with Crippen LogP contribution in [0.1, 0.15) is 45.9 Å². The quantitative estimate of drug-likeness (QED) is 0.413. The average molecular weight is 465 g/mol. The first kappa shape index (κ1) is 20.3. The largest absolute Gasteiger partial charge is 0.478 e.